The van der Waals surface area contributed by atoms with E-state index in [0.717, 1.165) is 0 Å². The van der Waals surface area contributed by atoms with Gasteiger partial charge < -0.3 is 26.4 Å². The van der Waals surface area contributed by atoms with Crippen molar-refractivity contribution >= 4 is 22.9 Å². The molecule has 1 saturated heterocycles. The van der Waals surface area contributed by atoms with Gasteiger partial charge in [0.05, 0.1) is 12.7 Å². The molecular weight excluding hydrogens is 252 g/mol. The number of imidazole rings is 1. The van der Waals surface area contributed by atoms with Crippen LogP contribution >= 0.6 is 0 Å². The first-order chi connectivity index (χ1) is 9.11. The maximum absolute atomic E-state index is 9.76. The highest BCUT2D eigenvalue weighted by Gasteiger charge is 2.36. The number of ether oxygens (including phenoxy) is 1. The molecule has 1 fully saturated rings. The van der Waals surface area contributed by atoms with Crippen LogP contribution in [0.15, 0.2) is 6.33 Å². The number of nitrogens with two attached hydrogens (primary N) is 2. The van der Waals surface area contributed by atoms with E-state index in [9.17, 15) is 5.11 Å². The fourth-order valence-electron chi connectivity index (χ4n) is 2.26. The van der Waals surface area contributed by atoms with Gasteiger partial charge in [0.25, 0.3) is 0 Å². The van der Waals surface area contributed by atoms with Crippen LogP contribution in [-0.2, 0) is 4.74 Å². The number of hydrogen-bond donors (Lipinski definition) is 4. The summed E-state index contributed by atoms with van der Waals surface area (Å²) in [5.74, 6) is 0.408. The molecule has 2 aromatic heterocycles. The van der Waals surface area contributed by atoms with Gasteiger partial charge in [-0.2, -0.15) is 0 Å². The molecule has 9 nitrogen and oxygen atoms in total. The van der Waals surface area contributed by atoms with Crippen LogP contribution < -0.4 is 11.5 Å². The molecule has 3 atom stereocenters. The Morgan fingerprint density at radius 3 is 2.89 bits per heavy atom. The van der Waals surface area contributed by atoms with Crippen LogP contribution in [0, 0.1) is 0 Å². The van der Waals surface area contributed by atoms with Crippen LogP contribution in [0.4, 0.5) is 11.8 Å². The van der Waals surface area contributed by atoms with Crippen molar-refractivity contribution in [2.45, 2.75) is 24.9 Å². The highest BCUT2D eigenvalue weighted by atomic mass is 16.5. The minimum atomic E-state index is -0.758. The van der Waals surface area contributed by atoms with Crippen molar-refractivity contribution < 1.29 is 14.9 Å². The van der Waals surface area contributed by atoms with E-state index in [-0.39, 0.29) is 18.4 Å². The number of rotatable bonds is 2. The van der Waals surface area contributed by atoms with Crippen LogP contribution in [-0.4, -0.2) is 48.5 Å². The minimum Gasteiger partial charge on any atom is -0.394 e. The van der Waals surface area contributed by atoms with E-state index in [1.165, 1.54) is 6.33 Å². The molecule has 102 valence electrons. The van der Waals surface area contributed by atoms with Gasteiger partial charge in [-0.3, -0.25) is 4.57 Å². The average Bonchev–Trinajstić information content (AvgIpc) is 2.90. The number of anilines is 2. The van der Waals surface area contributed by atoms with Crippen LogP contribution in [0.1, 0.15) is 12.6 Å². The molecule has 0 spiro atoms. The van der Waals surface area contributed by atoms with Crippen molar-refractivity contribution in [2.24, 2.45) is 0 Å². The maximum Gasteiger partial charge on any atom is 0.204 e. The summed E-state index contributed by atoms with van der Waals surface area (Å²) in [6.07, 6.45) is -0.326. The van der Waals surface area contributed by atoms with Gasteiger partial charge in [-0.15, -0.1) is 0 Å². The number of nitrogens with zero attached hydrogens (tertiary/aromatic N) is 4. The standard InChI is InChI=1S/C10H14N6O3/c11-8-7-9(14-3-13-8)16(10(12)15-7)6-1-4(18)5(2-17)19-6/h3-6,17-18H,1-2H2,(H2,12,15)(H2,11,13,14)/t4-,5+,6-/m1/s1. The smallest absolute Gasteiger partial charge is 0.204 e. The summed E-state index contributed by atoms with van der Waals surface area (Å²) in [6, 6.07) is 0. The monoisotopic (exact) mass is 266 g/mol. The lowest BCUT2D eigenvalue weighted by atomic mass is 10.2. The van der Waals surface area contributed by atoms with E-state index in [2.05, 4.69) is 15.0 Å². The lowest BCUT2D eigenvalue weighted by Gasteiger charge is -2.14. The van der Waals surface area contributed by atoms with Crippen LogP contribution in [0.3, 0.4) is 0 Å². The van der Waals surface area contributed by atoms with Crippen LogP contribution in [0.5, 0.6) is 0 Å². The first-order valence-corrected chi connectivity index (χ1v) is 5.80. The molecule has 6 N–H and O–H groups in total. The molecule has 1 aliphatic rings. The Balaban J connectivity index is 2.06. The second-order valence-electron chi connectivity index (χ2n) is 4.39. The lowest BCUT2D eigenvalue weighted by molar-refractivity contribution is -0.0425. The van der Waals surface area contributed by atoms with Gasteiger partial charge >= 0.3 is 0 Å². The fraction of sp³-hybridized carbons (Fsp3) is 0.500. The molecule has 3 rings (SSSR count). The van der Waals surface area contributed by atoms with Crippen molar-refractivity contribution in [3.05, 3.63) is 6.33 Å². The maximum atomic E-state index is 9.76. The third kappa shape index (κ3) is 1.79. The Kier molecular flexibility index (Phi) is 2.73. The molecule has 0 amide bonds. The van der Waals surface area contributed by atoms with Gasteiger partial charge in [-0.1, -0.05) is 0 Å². The number of hydrogen-bond acceptors (Lipinski definition) is 8. The molecule has 19 heavy (non-hydrogen) atoms. The average molecular weight is 266 g/mol. The van der Waals surface area contributed by atoms with E-state index in [4.69, 9.17) is 21.3 Å². The Bertz CT molecular complexity index is 615. The van der Waals surface area contributed by atoms with E-state index in [0.29, 0.717) is 17.6 Å². The fourth-order valence-corrected chi connectivity index (χ4v) is 2.26. The molecule has 0 saturated carbocycles. The Morgan fingerprint density at radius 2 is 2.21 bits per heavy atom. The zero-order chi connectivity index (χ0) is 13.6. The van der Waals surface area contributed by atoms with E-state index in [1.807, 2.05) is 0 Å². The van der Waals surface area contributed by atoms with Crippen molar-refractivity contribution in [2.75, 3.05) is 18.1 Å². The summed E-state index contributed by atoms with van der Waals surface area (Å²) in [5, 5.41) is 18.9. The molecule has 0 bridgehead atoms. The second kappa shape index (κ2) is 4.30. The van der Waals surface area contributed by atoms with E-state index >= 15 is 0 Å². The number of aliphatic hydroxyl groups is 2. The van der Waals surface area contributed by atoms with Crippen LogP contribution in [0.2, 0.25) is 0 Å². The van der Waals surface area contributed by atoms with Gasteiger partial charge in [0.1, 0.15) is 18.7 Å². The summed E-state index contributed by atoms with van der Waals surface area (Å²) in [6.45, 7) is -0.263. The summed E-state index contributed by atoms with van der Waals surface area (Å²) in [5.41, 5.74) is 12.4. The third-order valence-corrected chi connectivity index (χ3v) is 3.20. The predicted octanol–water partition coefficient (Wildman–Crippen LogP) is -1.37. The number of fused-ring (bicyclic) bond motifs is 1. The number of aliphatic hydroxyl groups excluding tert-OH is 2. The largest absolute Gasteiger partial charge is 0.394 e. The van der Waals surface area contributed by atoms with Crippen LogP contribution in [0.25, 0.3) is 11.2 Å². The quantitative estimate of drug-likeness (QED) is 0.521. The Hall–Kier alpha value is -1.97. The normalized spacial score (nSPS) is 27.2. The van der Waals surface area contributed by atoms with Crippen molar-refractivity contribution in [3.63, 3.8) is 0 Å². The van der Waals surface area contributed by atoms with Gasteiger partial charge in [0.15, 0.2) is 17.0 Å². The second-order valence-corrected chi connectivity index (χ2v) is 4.39. The van der Waals surface area contributed by atoms with Gasteiger partial charge in [0, 0.05) is 6.42 Å². The molecule has 2 aromatic rings. The minimum absolute atomic E-state index is 0.179. The highest BCUT2D eigenvalue weighted by molar-refractivity contribution is 5.83. The molecule has 0 aromatic carbocycles. The van der Waals surface area contributed by atoms with Gasteiger partial charge in [-0.05, 0) is 0 Å². The zero-order valence-electron chi connectivity index (χ0n) is 9.97. The topological polar surface area (TPSA) is 145 Å². The first-order valence-electron chi connectivity index (χ1n) is 5.80. The SMILES string of the molecule is Nc1ncnc2c1nc(N)n2[C@H]1C[C@@H](O)[C@H](CO)O1. The van der Waals surface area contributed by atoms with E-state index in [1.54, 1.807) is 4.57 Å². The van der Waals surface area contributed by atoms with Crippen molar-refractivity contribution in [1.82, 2.24) is 19.5 Å². The van der Waals surface area contributed by atoms with Crippen molar-refractivity contribution in [1.29, 1.82) is 0 Å². The summed E-state index contributed by atoms with van der Waals surface area (Å²) < 4.78 is 7.09. The predicted molar refractivity (Wildman–Crippen MR) is 65.8 cm³/mol. The molecule has 9 heteroatoms. The number of nitrogen functional groups attached to an aromatic ring is 2. The van der Waals surface area contributed by atoms with Gasteiger partial charge in [-0.25, -0.2) is 15.0 Å². The zero-order valence-corrected chi connectivity index (χ0v) is 9.97. The lowest BCUT2D eigenvalue weighted by Crippen LogP contribution is -2.24. The Morgan fingerprint density at radius 1 is 1.42 bits per heavy atom. The Labute approximate surface area is 107 Å². The first kappa shape index (κ1) is 12.1. The molecular formula is C10H14N6O3. The summed E-state index contributed by atoms with van der Waals surface area (Å²) in [4.78, 5) is 12.0. The molecule has 0 radical (unpaired) electrons. The summed E-state index contributed by atoms with van der Waals surface area (Å²) in [7, 11) is 0. The van der Waals surface area contributed by atoms with E-state index < -0.39 is 18.4 Å². The third-order valence-electron chi connectivity index (χ3n) is 3.20. The molecule has 1 aliphatic heterocycles. The van der Waals surface area contributed by atoms with Gasteiger partial charge in [0.2, 0.25) is 5.95 Å². The molecule has 3 heterocycles. The number of aromatic nitrogens is 4. The molecule has 0 unspecified atom stereocenters. The van der Waals surface area contributed by atoms with Crippen molar-refractivity contribution in [3.8, 4) is 0 Å². The highest BCUT2D eigenvalue weighted by Crippen LogP contribution is 2.33. The summed E-state index contributed by atoms with van der Waals surface area (Å²) >= 11 is 0. The molecule has 0 aliphatic carbocycles.